The molecule has 3 N–H and O–H groups in total. The second-order valence-electron chi connectivity index (χ2n) is 10.5. The summed E-state index contributed by atoms with van der Waals surface area (Å²) in [4.78, 5) is 27.2. The zero-order valence-electron chi connectivity index (χ0n) is 19.8. The Labute approximate surface area is 208 Å². The van der Waals surface area contributed by atoms with Gasteiger partial charge in [0.2, 0.25) is 0 Å². The molecular formula is C22H34ClF3N6O3. The lowest BCUT2D eigenvalue weighted by atomic mass is 9.78. The minimum absolute atomic E-state index is 0.0837. The lowest BCUT2D eigenvalue weighted by Crippen LogP contribution is -2.70. The first kappa shape index (κ1) is 25.3. The first-order chi connectivity index (χ1) is 16.6. The van der Waals surface area contributed by atoms with Gasteiger partial charge < -0.3 is 15.0 Å². The average Bonchev–Trinajstić information content (AvgIpc) is 3.42. The number of piperidine rings is 1. The molecule has 4 saturated heterocycles. The Kier molecular flexibility index (Phi) is 7.12. The Morgan fingerprint density at radius 1 is 1.17 bits per heavy atom. The van der Waals surface area contributed by atoms with E-state index in [9.17, 15) is 22.8 Å². The summed E-state index contributed by atoms with van der Waals surface area (Å²) in [7, 11) is 1.17. The molecule has 4 unspecified atom stereocenters. The standard InChI is InChI=1S/C22H34ClF3N6O3/c1-30(20(33)16-11-28-21(34)35-16)19(22(24,25)26)12-4-6-13(7-5-12)31-8-2-3-14-15(31)10-27-18-9-17(23)29-32(14)18/h12-19,27,29H,2-11H2,1H3,(H,28,34)/t12?,13?,14?,15?,16-,17?,18?,19+/m1/s1. The monoisotopic (exact) mass is 522 g/mol. The summed E-state index contributed by atoms with van der Waals surface area (Å²) < 4.78 is 47.3. The molecule has 0 aromatic heterocycles. The van der Waals surface area contributed by atoms with Crippen molar-refractivity contribution in [3.05, 3.63) is 0 Å². The number of halogens is 4. The van der Waals surface area contributed by atoms with Crippen molar-refractivity contribution in [1.29, 1.82) is 0 Å². The van der Waals surface area contributed by atoms with E-state index >= 15 is 0 Å². The van der Waals surface area contributed by atoms with Crippen LogP contribution in [0.1, 0.15) is 44.9 Å². The molecule has 13 heteroatoms. The van der Waals surface area contributed by atoms with Crippen LogP contribution in [-0.2, 0) is 9.53 Å². The van der Waals surface area contributed by atoms with Crippen LogP contribution in [0.3, 0.4) is 0 Å². The first-order valence-corrected chi connectivity index (χ1v) is 13.0. The predicted octanol–water partition coefficient (Wildman–Crippen LogP) is 1.58. The third-order valence-corrected chi connectivity index (χ3v) is 8.75. The van der Waals surface area contributed by atoms with E-state index < -0.39 is 36.2 Å². The van der Waals surface area contributed by atoms with Crippen LogP contribution in [0.2, 0.25) is 0 Å². The minimum Gasteiger partial charge on any atom is -0.434 e. The van der Waals surface area contributed by atoms with Crippen molar-refractivity contribution in [3.8, 4) is 0 Å². The number of alkyl carbamates (subject to hydrolysis) is 1. The van der Waals surface area contributed by atoms with Crippen molar-refractivity contribution in [2.75, 3.05) is 26.7 Å². The molecule has 6 atom stereocenters. The summed E-state index contributed by atoms with van der Waals surface area (Å²) in [6.45, 7) is 1.69. The van der Waals surface area contributed by atoms with Crippen molar-refractivity contribution < 1.29 is 27.5 Å². The molecule has 0 aromatic rings. The number of hydrogen-bond donors (Lipinski definition) is 3. The maximum absolute atomic E-state index is 14.1. The highest BCUT2D eigenvalue weighted by molar-refractivity contribution is 6.20. The molecule has 5 fully saturated rings. The number of nitrogens with one attached hydrogen (secondary N) is 3. The van der Waals surface area contributed by atoms with E-state index in [0.717, 1.165) is 37.3 Å². The summed E-state index contributed by atoms with van der Waals surface area (Å²) in [5, 5.41) is 8.17. The topological polar surface area (TPSA) is 89.2 Å². The molecule has 1 saturated carbocycles. The quantitative estimate of drug-likeness (QED) is 0.381. The van der Waals surface area contributed by atoms with Crippen LogP contribution < -0.4 is 16.1 Å². The van der Waals surface area contributed by atoms with Crippen LogP contribution in [0.4, 0.5) is 18.0 Å². The lowest BCUT2D eigenvalue weighted by molar-refractivity contribution is -0.203. The molecule has 0 bridgehead atoms. The number of alkyl halides is 4. The van der Waals surface area contributed by atoms with Crippen molar-refractivity contribution >= 4 is 23.6 Å². The van der Waals surface area contributed by atoms with Gasteiger partial charge in [-0.1, -0.05) is 0 Å². The van der Waals surface area contributed by atoms with Crippen LogP contribution in [-0.4, -0.2) is 102 Å². The van der Waals surface area contributed by atoms with Gasteiger partial charge >= 0.3 is 12.3 Å². The Hall–Kier alpha value is -1.34. The van der Waals surface area contributed by atoms with Gasteiger partial charge in [0, 0.05) is 38.1 Å². The van der Waals surface area contributed by atoms with Crippen LogP contribution in [0.15, 0.2) is 0 Å². The van der Waals surface area contributed by atoms with Gasteiger partial charge in [-0.2, -0.15) is 13.2 Å². The molecular weight excluding hydrogens is 489 g/mol. The molecule has 0 spiro atoms. The van der Waals surface area contributed by atoms with Gasteiger partial charge in [0.25, 0.3) is 5.91 Å². The second kappa shape index (κ2) is 9.85. The highest BCUT2D eigenvalue weighted by Gasteiger charge is 2.52. The summed E-state index contributed by atoms with van der Waals surface area (Å²) in [5.74, 6) is -1.50. The summed E-state index contributed by atoms with van der Waals surface area (Å²) in [5.41, 5.74) is 3.29. The molecule has 2 amide bonds. The number of rotatable bonds is 4. The SMILES string of the molecule is CN(C(=O)[C@H]1CNC(=O)O1)[C@@H](C1CCC(N2CCCC3C2CNC2CC(Cl)NN23)CC1)C(F)(F)F. The van der Waals surface area contributed by atoms with E-state index in [1.807, 2.05) is 0 Å². The molecule has 5 aliphatic rings. The number of likely N-dealkylation sites (N-methyl/N-ethyl adjacent to an activating group) is 1. The number of hydrogen-bond acceptors (Lipinski definition) is 7. The molecule has 0 radical (unpaired) electrons. The Morgan fingerprint density at radius 2 is 1.91 bits per heavy atom. The van der Waals surface area contributed by atoms with Crippen LogP contribution in [0.25, 0.3) is 0 Å². The maximum atomic E-state index is 14.1. The van der Waals surface area contributed by atoms with Gasteiger partial charge in [0.15, 0.2) is 6.10 Å². The fourth-order valence-corrected chi connectivity index (χ4v) is 7.20. The molecule has 0 aromatic carbocycles. The molecule has 35 heavy (non-hydrogen) atoms. The smallest absolute Gasteiger partial charge is 0.409 e. The first-order valence-electron chi connectivity index (χ1n) is 12.6. The van der Waals surface area contributed by atoms with E-state index in [1.165, 1.54) is 7.05 Å². The molecule has 5 rings (SSSR count). The summed E-state index contributed by atoms with van der Waals surface area (Å²) >= 11 is 6.33. The number of amides is 2. The third-order valence-electron chi connectivity index (χ3n) is 8.48. The number of fused-ring (bicyclic) bond motifs is 3. The molecule has 198 valence electrons. The summed E-state index contributed by atoms with van der Waals surface area (Å²) in [6, 6.07) is -1.04. The summed E-state index contributed by atoms with van der Waals surface area (Å²) in [6.07, 6.45) is -1.24. The largest absolute Gasteiger partial charge is 0.434 e. The number of hydrazine groups is 1. The molecule has 9 nitrogen and oxygen atoms in total. The predicted molar refractivity (Wildman–Crippen MR) is 121 cm³/mol. The Bertz CT molecular complexity index is 814. The van der Waals surface area contributed by atoms with E-state index in [2.05, 4.69) is 26.0 Å². The average molecular weight is 523 g/mol. The van der Waals surface area contributed by atoms with Crippen molar-refractivity contribution in [2.45, 2.75) is 93.1 Å². The normalized spacial score (nSPS) is 39.3. The number of ether oxygens (including phenoxy) is 1. The molecule has 1 aliphatic carbocycles. The van der Waals surface area contributed by atoms with Gasteiger partial charge in [0.05, 0.1) is 18.2 Å². The lowest BCUT2D eigenvalue weighted by Gasteiger charge is -2.53. The fourth-order valence-electron chi connectivity index (χ4n) is 6.92. The molecule has 4 aliphatic heterocycles. The van der Waals surface area contributed by atoms with Gasteiger partial charge in [-0.15, -0.1) is 11.6 Å². The maximum Gasteiger partial charge on any atom is 0.409 e. The number of likely N-dealkylation sites (tertiary alicyclic amines) is 1. The number of carbonyl (C=O) groups is 2. The van der Waals surface area contributed by atoms with Gasteiger partial charge in [0.1, 0.15) is 6.04 Å². The number of carbonyl (C=O) groups excluding carboxylic acids is 2. The van der Waals surface area contributed by atoms with Crippen LogP contribution in [0, 0.1) is 5.92 Å². The van der Waals surface area contributed by atoms with Gasteiger partial charge in [-0.25, -0.2) is 15.2 Å². The third kappa shape index (κ3) is 4.96. The highest BCUT2D eigenvalue weighted by atomic mass is 35.5. The minimum atomic E-state index is -4.56. The van der Waals surface area contributed by atoms with E-state index in [4.69, 9.17) is 16.3 Å². The van der Waals surface area contributed by atoms with E-state index in [0.29, 0.717) is 37.8 Å². The van der Waals surface area contributed by atoms with Crippen molar-refractivity contribution in [2.24, 2.45) is 5.92 Å². The van der Waals surface area contributed by atoms with Crippen LogP contribution >= 0.6 is 11.6 Å². The van der Waals surface area contributed by atoms with Crippen molar-refractivity contribution in [1.82, 2.24) is 30.9 Å². The zero-order valence-corrected chi connectivity index (χ0v) is 20.5. The highest BCUT2D eigenvalue weighted by Crippen LogP contribution is 2.41. The molecule has 4 heterocycles. The fraction of sp³-hybridized carbons (Fsp3) is 0.909. The number of nitrogens with zero attached hydrogens (tertiary/aromatic N) is 3. The van der Waals surface area contributed by atoms with E-state index in [-0.39, 0.29) is 24.3 Å². The van der Waals surface area contributed by atoms with E-state index in [1.54, 1.807) is 0 Å². The van der Waals surface area contributed by atoms with Crippen LogP contribution in [0.5, 0.6) is 0 Å². The second-order valence-corrected chi connectivity index (χ2v) is 11.0. The van der Waals surface area contributed by atoms with Gasteiger partial charge in [-0.05, 0) is 51.0 Å². The Morgan fingerprint density at radius 3 is 2.57 bits per heavy atom. The number of cyclic esters (lactones) is 1. The van der Waals surface area contributed by atoms with Crippen molar-refractivity contribution in [3.63, 3.8) is 0 Å². The Balaban J connectivity index is 1.23. The van der Waals surface area contributed by atoms with Gasteiger partial charge in [-0.3, -0.25) is 15.0 Å². The zero-order chi connectivity index (χ0) is 24.9.